The van der Waals surface area contributed by atoms with E-state index >= 15 is 0 Å². The van der Waals surface area contributed by atoms with Crippen molar-refractivity contribution in [3.63, 3.8) is 0 Å². The molecule has 1 aliphatic rings. The second kappa shape index (κ2) is 3.29. The van der Waals surface area contributed by atoms with Crippen LogP contribution in [0.3, 0.4) is 0 Å². The highest BCUT2D eigenvalue weighted by Gasteiger charge is 2.29. The fourth-order valence-corrected chi connectivity index (χ4v) is 1.63. The maximum Gasteiger partial charge on any atom is 0.142 e. The second-order valence-electron chi connectivity index (χ2n) is 3.88. The van der Waals surface area contributed by atoms with Crippen molar-refractivity contribution in [2.45, 2.75) is 19.4 Å². The third-order valence-electron chi connectivity index (χ3n) is 2.05. The van der Waals surface area contributed by atoms with E-state index in [-0.39, 0.29) is 5.60 Å². The monoisotopic (exact) mass is 179 g/mol. The van der Waals surface area contributed by atoms with Gasteiger partial charge in [0.1, 0.15) is 11.4 Å². The molecule has 72 valence electrons. The largest absolute Gasteiger partial charge is 0.484 e. The van der Waals surface area contributed by atoms with Gasteiger partial charge < -0.3 is 9.64 Å². The molecule has 0 aromatic heterocycles. The number of hydrogen-bond acceptors (Lipinski definition) is 2. The summed E-state index contributed by atoms with van der Waals surface area (Å²) in [5.41, 5.74) is 0.861. The van der Waals surface area contributed by atoms with E-state index in [9.17, 15) is 0 Å². The average molecular weight is 179 g/mol. The number of allylic oxidation sites excluding steroid dienone is 2. The summed E-state index contributed by atoms with van der Waals surface area (Å²) >= 11 is 0. The van der Waals surface area contributed by atoms with Crippen LogP contribution in [0.25, 0.3) is 0 Å². The van der Waals surface area contributed by atoms with Crippen molar-refractivity contribution in [3.05, 3.63) is 36.8 Å². The number of hydrogen-bond donors (Lipinski definition) is 0. The van der Waals surface area contributed by atoms with Gasteiger partial charge in [-0.15, -0.1) is 0 Å². The summed E-state index contributed by atoms with van der Waals surface area (Å²) in [6, 6.07) is 0. The van der Waals surface area contributed by atoms with Gasteiger partial charge in [-0.3, -0.25) is 0 Å². The van der Waals surface area contributed by atoms with Crippen LogP contribution in [0.15, 0.2) is 36.8 Å². The Morgan fingerprint density at radius 1 is 1.38 bits per heavy atom. The fraction of sp³-hybridized carbons (Fsp3) is 0.455. The summed E-state index contributed by atoms with van der Waals surface area (Å²) in [5.74, 6) is 0.814. The van der Waals surface area contributed by atoms with Crippen LogP contribution in [-0.2, 0) is 4.74 Å². The van der Waals surface area contributed by atoms with Crippen molar-refractivity contribution in [1.29, 1.82) is 0 Å². The molecule has 1 rings (SSSR count). The molecule has 0 radical (unpaired) electrons. The Morgan fingerprint density at radius 3 is 2.46 bits per heavy atom. The topological polar surface area (TPSA) is 12.5 Å². The minimum atomic E-state index is -0.148. The van der Waals surface area contributed by atoms with Crippen LogP contribution < -0.4 is 0 Å². The van der Waals surface area contributed by atoms with E-state index in [1.54, 1.807) is 12.2 Å². The number of nitrogens with zero attached hydrogens (tertiary/aromatic N) is 1. The maximum atomic E-state index is 5.75. The van der Waals surface area contributed by atoms with Crippen molar-refractivity contribution >= 4 is 0 Å². The first-order chi connectivity index (χ1) is 6.00. The first-order valence-corrected chi connectivity index (χ1v) is 4.39. The molecule has 0 saturated carbocycles. The van der Waals surface area contributed by atoms with Gasteiger partial charge in [-0.25, -0.2) is 0 Å². The molecule has 0 fully saturated rings. The molecule has 2 heteroatoms. The Balaban J connectivity index is 3.05. The van der Waals surface area contributed by atoms with E-state index in [4.69, 9.17) is 4.74 Å². The Bertz CT molecular complexity index is 263. The Labute approximate surface area is 80.2 Å². The summed E-state index contributed by atoms with van der Waals surface area (Å²) in [6.07, 6.45) is 3.53. The van der Waals surface area contributed by atoms with E-state index in [1.165, 1.54) is 0 Å². The predicted molar refractivity (Wildman–Crippen MR) is 55.2 cm³/mol. The first-order valence-electron chi connectivity index (χ1n) is 4.39. The van der Waals surface area contributed by atoms with Crippen LogP contribution in [0, 0.1) is 0 Å². The van der Waals surface area contributed by atoms with Gasteiger partial charge in [0.25, 0.3) is 0 Å². The molecule has 1 heterocycles. The quantitative estimate of drug-likeness (QED) is 0.645. The van der Waals surface area contributed by atoms with Gasteiger partial charge in [-0.1, -0.05) is 13.2 Å². The van der Waals surface area contributed by atoms with E-state index in [0.29, 0.717) is 0 Å². The minimum Gasteiger partial charge on any atom is -0.484 e. The van der Waals surface area contributed by atoms with Gasteiger partial charge in [0.15, 0.2) is 0 Å². The summed E-state index contributed by atoms with van der Waals surface area (Å²) in [4.78, 5) is 2.13. The lowest BCUT2D eigenvalue weighted by molar-refractivity contribution is -0.00316. The molecule has 13 heavy (non-hydrogen) atoms. The third-order valence-corrected chi connectivity index (χ3v) is 2.05. The van der Waals surface area contributed by atoms with Gasteiger partial charge in [-0.2, -0.15) is 0 Å². The van der Waals surface area contributed by atoms with Gasteiger partial charge in [0, 0.05) is 7.05 Å². The van der Waals surface area contributed by atoms with Crippen molar-refractivity contribution in [1.82, 2.24) is 4.90 Å². The molecular formula is C11H17NO. The smallest absolute Gasteiger partial charge is 0.142 e. The molecule has 0 N–H and O–H groups in total. The van der Waals surface area contributed by atoms with Crippen LogP contribution in [0.4, 0.5) is 0 Å². The lowest BCUT2D eigenvalue weighted by Crippen LogP contribution is -2.42. The summed E-state index contributed by atoms with van der Waals surface area (Å²) in [5, 5.41) is 0. The molecule has 0 aliphatic carbocycles. The highest BCUT2D eigenvalue weighted by Crippen LogP contribution is 2.27. The molecule has 0 saturated heterocycles. The molecule has 2 nitrogen and oxygen atoms in total. The molecule has 0 aromatic rings. The van der Waals surface area contributed by atoms with Crippen molar-refractivity contribution < 1.29 is 4.74 Å². The maximum absolute atomic E-state index is 5.75. The Kier molecular flexibility index (Phi) is 2.50. The van der Waals surface area contributed by atoms with Crippen LogP contribution in [0.2, 0.25) is 0 Å². The normalized spacial score (nSPS) is 21.0. The van der Waals surface area contributed by atoms with E-state index in [1.807, 2.05) is 7.05 Å². The zero-order chi connectivity index (χ0) is 10.1. The van der Waals surface area contributed by atoms with Gasteiger partial charge in [0.2, 0.25) is 0 Å². The highest BCUT2D eigenvalue weighted by molar-refractivity contribution is 5.28. The highest BCUT2D eigenvalue weighted by atomic mass is 16.5. The lowest BCUT2D eigenvalue weighted by atomic mass is 10.1. The first kappa shape index (κ1) is 9.90. The molecule has 0 bridgehead atoms. The van der Waals surface area contributed by atoms with E-state index in [2.05, 4.69) is 31.9 Å². The van der Waals surface area contributed by atoms with Gasteiger partial charge in [0.05, 0.1) is 12.2 Å². The van der Waals surface area contributed by atoms with Crippen LogP contribution in [0.1, 0.15) is 13.8 Å². The Morgan fingerprint density at radius 2 is 2.00 bits per heavy atom. The minimum absolute atomic E-state index is 0.148. The standard InChI is InChI=1S/C11H17NO/c1-6-9-10(7-2)13-11(3,4)8-12(9)5/h6-7H,1-2,8H2,3-5H3. The fourth-order valence-electron chi connectivity index (χ4n) is 1.63. The number of likely N-dealkylation sites (N-methyl/N-ethyl adjacent to an activating group) is 1. The van der Waals surface area contributed by atoms with Gasteiger partial charge in [-0.05, 0) is 26.0 Å². The van der Waals surface area contributed by atoms with Gasteiger partial charge >= 0.3 is 0 Å². The molecule has 0 spiro atoms. The summed E-state index contributed by atoms with van der Waals surface area (Å²) in [7, 11) is 2.03. The zero-order valence-corrected chi connectivity index (χ0v) is 8.63. The molecule has 0 unspecified atom stereocenters. The zero-order valence-electron chi connectivity index (χ0n) is 8.63. The SMILES string of the molecule is C=CC1=C(C=C)N(C)CC(C)(C)O1. The Hall–Kier alpha value is -1.18. The van der Waals surface area contributed by atoms with Crippen molar-refractivity contribution in [2.24, 2.45) is 0 Å². The molecule has 0 amide bonds. The predicted octanol–water partition coefficient (Wildman–Crippen LogP) is 2.31. The summed E-state index contributed by atoms with van der Waals surface area (Å²) < 4.78 is 5.75. The van der Waals surface area contributed by atoms with E-state index < -0.39 is 0 Å². The van der Waals surface area contributed by atoms with Crippen LogP contribution in [0.5, 0.6) is 0 Å². The average Bonchev–Trinajstić information content (AvgIpc) is 2.01. The number of rotatable bonds is 2. The molecule has 0 atom stereocenters. The van der Waals surface area contributed by atoms with Crippen molar-refractivity contribution in [2.75, 3.05) is 13.6 Å². The molecule has 1 aliphatic heterocycles. The molecular weight excluding hydrogens is 162 g/mol. The molecule has 0 aromatic carbocycles. The summed E-state index contributed by atoms with van der Waals surface area (Å²) in [6.45, 7) is 12.5. The van der Waals surface area contributed by atoms with Crippen molar-refractivity contribution in [3.8, 4) is 0 Å². The second-order valence-corrected chi connectivity index (χ2v) is 3.88. The third kappa shape index (κ3) is 1.94. The van der Waals surface area contributed by atoms with Crippen LogP contribution in [-0.4, -0.2) is 24.1 Å². The number of ether oxygens (including phenoxy) is 1. The van der Waals surface area contributed by atoms with E-state index in [0.717, 1.165) is 18.0 Å². The van der Waals surface area contributed by atoms with Crippen LogP contribution >= 0.6 is 0 Å². The lowest BCUT2D eigenvalue weighted by Gasteiger charge is -2.39.